The van der Waals surface area contributed by atoms with Crippen molar-refractivity contribution in [2.75, 3.05) is 13.1 Å². The number of nitrogens with zero attached hydrogens (tertiary/aromatic N) is 3. The van der Waals surface area contributed by atoms with Crippen LogP contribution in [0.2, 0.25) is 0 Å². The largest absolute Gasteiger partial charge is 0.460 e. The maximum absolute atomic E-state index is 14.6. The van der Waals surface area contributed by atoms with E-state index in [2.05, 4.69) is 4.90 Å². The number of ether oxygens (including phenoxy) is 1. The first-order valence-corrected chi connectivity index (χ1v) is 12.9. The summed E-state index contributed by atoms with van der Waals surface area (Å²) in [4.78, 5) is 33.1. The average Bonchev–Trinajstić information content (AvgIpc) is 3.17. The highest BCUT2D eigenvalue weighted by molar-refractivity contribution is 5.88. The number of carbonyl (C=O) groups excluding carboxylic acids is 1. The SMILES string of the molecule is CC[C@@]1(O)CC(=O)OCc2c1cc1n(c2=O)Cc2c-1nc1cc(F)c(C)cc1c2CN1CCC(N)CC1. The maximum atomic E-state index is 14.6. The second-order valence-corrected chi connectivity index (χ2v) is 10.7. The summed E-state index contributed by atoms with van der Waals surface area (Å²) in [5.41, 5.74) is 9.27. The fourth-order valence-corrected chi connectivity index (χ4v) is 6.00. The van der Waals surface area contributed by atoms with Crippen LogP contribution in [0.15, 0.2) is 23.0 Å². The molecule has 0 unspecified atom stereocenters. The highest BCUT2D eigenvalue weighted by Gasteiger charge is 2.40. The van der Waals surface area contributed by atoms with Crippen LogP contribution in [0.3, 0.4) is 0 Å². The lowest BCUT2D eigenvalue weighted by Crippen LogP contribution is -2.39. The zero-order chi connectivity index (χ0) is 26.1. The first kappa shape index (κ1) is 24.2. The van der Waals surface area contributed by atoms with Crippen LogP contribution in [0.25, 0.3) is 22.3 Å². The van der Waals surface area contributed by atoms with Crippen molar-refractivity contribution in [2.45, 2.75) is 70.9 Å². The second-order valence-electron chi connectivity index (χ2n) is 10.7. The molecule has 3 aliphatic heterocycles. The van der Waals surface area contributed by atoms with Gasteiger partial charge in [0, 0.05) is 29.6 Å². The van der Waals surface area contributed by atoms with Gasteiger partial charge < -0.3 is 20.1 Å². The number of cyclic esters (lactones) is 1. The number of aromatic nitrogens is 2. The molecule has 37 heavy (non-hydrogen) atoms. The van der Waals surface area contributed by atoms with E-state index in [4.69, 9.17) is 15.5 Å². The molecule has 0 spiro atoms. The molecule has 5 heterocycles. The Morgan fingerprint density at radius 3 is 2.70 bits per heavy atom. The lowest BCUT2D eigenvalue weighted by molar-refractivity contribution is -0.149. The number of rotatable bonds is 3. The van der Waals surface area contributed by atoms with Gasteiger partial charge in [0.2, 0.25) is 0 Å². The molecule has 3 aliphatic rings. The highest BCUT2D eigenvalue weighted by Crippen LogP contribution is 2.41. The van der Waals surface area contributed by atoms with Gasteiger partial charge in [0.05, 0.1) is 35.4 Å². The van der Waals surface area contributed by atoms with Crippen molar-refractivity contribution >= 4 is 16.9 Å². The standard InChI is InChI=1S/C28H31FN4O4/c1-3-28(36)11-25(34)37-14-20-21(28)9-24-26-19(13-33(24)27(20)35)18(12-32-6-4-16(30)5-7-32)17-8-15(2)22(29)10-23(17)31-26/h8-10,16,36H,3-7,11-14,30H2,1-2H3/t28-/m1/s1. The molecule has 2 aromatic heterocycles. The minimum absolute atomic E-state index is 0.174. The Bertz CT molecular complexity index is 1510. The van der Waals surface area contributed by atoms with E-state index in [9.17, 15) is 19.1 Å². The summed E-state index contributed by atoms with van der Waals surface area (Å²) < 4.78 is 21.6. The molecule has 1 aromatic carbocycles. The summed E-state index contributed by atoms with van der Waals surface area (Å²) >= 11 is 0. The van der Waals surface area contributed by atoms with Gasteiger partial charge in [-0.3, -0.25) is 14.5 Å². The summed E-state index contributed by atoms with van der Waals surface area (Å²) in [6.07, 6.45) is 1.87. The summed E-state index contributed by atoms with van der Waals surface area (Å²) in [5, 5.41) is 12.3. The van der Waals surface area contributed by atoms with Crippen LogP contribution < -0.4 is 11.3 Å². The van der Waals surface area contributed by atoms with Crippen molar-refractivity contribution in [3.8, 4) is 11.4 Å². The molecule has 0 amide bonds. The highest BCUT2D eigenvalue weighted by atomic mass is 19.1. The third-order valence-corrected chi connectivity index (χ3v) is 8.36. The predicted octanol–water partition coefficient (Wildman–Crippen LogP) is 2.84. The van der Waals surface area contributed by atoms with Crippen LogP contribution in [-0.2, 0) is 34.8 Å². The molecule has 0 saturated carbocycles. The molecule has 194 valence electrons. The van der Waals surface area contributed by atoms with Gasteiger partial charge in [0.25, 0.3) is 5.56 Å². The number of benzene rings is 1. The topological polar surface area (TPSA) is 111 Å². The Kier molecular flexibility index (Phi) is 5.70. The van der Waals surface area contributed by atoms with Crippen molar-refractivity contribution in [3.63, 3.8) is 0 Å². The predicted molar refractivity (Wildman–Crippen MR) is 136 cm³/mol. The number of fused-ring (bicyclic) bond motifs is 5. The van der Waals surface area contributed by atoms with Gasteiger partial charge in [-0.15, -0.1) is 0 Å². The van der Waals surface area contributed by atoms with Crippen LogP contribution in [-0.4, -0.2) is 44.7 Å². The van der Waals surface area contributed by atoms with Gasteiger partial charge in [-0.05, 0) is 68.1 Å². The van der Waals surface area contributed by atoms with E-state index in [-0.39, 0.29) is 36.9 Å². The molecule has 3 N–H and O–H groups in total. The Labute approximate surface area is 213 Å². The Morgan fingerprint density at radius 2 is 1.97 bits per heavy atom. The van der Waals surface area contributed by atoms with Crippen LogP contribution in [0.5, 0.6) is 0 Å². The lowest BCUT2D eigenvalue weighted by Gasteiger charge is -2.31. The number of likely N-dealkylation sites (tertiary alicyclic amines) is 1. The zero-order valence-electron chi connectivity index (χ0n) is 21.1. The van der Waals surface area contributed by atoms with E-state index in [1.165, 1.54) is 6.07 Å². The molecule has 6 rings (SSSR count). The van der Waals surface area contributed by atoms with Gasteiger partial charge in [-0.1, -0.05) is 6.92 Å². The smallest absolute Gasteiger partial charge is 0.309 e. The van der Waals surface area contributed by atoms with Crippen LogP contribution >= 0.6 is 0 Å². The number of aryl methyl sites for hydroxylation is 1. The summed E-state index contributed by atoms with van der Waals surface area (Å²) in [6, 6.07) is 5.29. The Balaban J connectivity index is 1.56. The minimum Gasteiger partial charge on any atom is -0.460 e. The number of aliphatic hydroxyl groups is 1. The van der Waals surface area contributed by atoms with E-state index in [0.717, 1.165) is 42.4 Å². The fraction of sp³-hybridized carbons (Fsp3) is 0.464. The number of nitrogens with two attached hydrogens (primary N) is 1. The minimum atomic E-state index is -1.50. The van der Waals surface area contributed by atoms with E-state index in [1.54, 1.807) is 24.5 Å². The molecule has 8 nitrogen and oxygen atoms in total. The number of pyridine rings is 2. The normalized spacial score (nSPS) is 21.9. The van der Waals surface area contributed by atoms with E-state index < -0.39 is 11.6 Å². The van der Waals surface area contributed by atoms with Gasteiger partial charge in [-0.25, -0.2) is 9.37 Å². The summed E-state index contributed by atoms with van der Waals surface area (Å²) in [6.45, 7) is 6.06. The molecular formula is C28H31FN4O4. The number of hydrogen-bond acceptors (Lipinski definition) is 7. The number of hydrogen-bond donors (Lipinski definition) is 2. The maximum Gasteiger partial charge on any atom is 0.309 e. The molecule has 1 atom stereocenters. The van der Waals surface area contributed by atoms with E-state index in [1.807, 2.05) is 6.07 Å². The summed E-state index contributed by atoms with van der Waals surface area (Å²) in [5.74, 6) is -0.868. The fourth-order valence-electron chi connectivity index (χ4n) is 6.00. The monoisotopic (exact) mass is 506 g/mol. The average molecular weight is 507 g/mol. The zero-order valence-corrected chi connectivity index (χ0v) is 21.1. The van der Waals surface area contributed by atoms with Crippen molar-refractivity contribution in [1.29, 1.82) is 0 Å². The molecule has 3 aromatic rings. The number of halogens is 1. The molecule has 0 radical (unpaired) electrons. The number of piperidine rings is 1. The molecule has 1 saturated heterocycles. The van der Waals surface area contributed by atoms with Gasteiger partial charge in [-0.2, -0.15) is 0 Å². The van der Waals surface area contributed by atoms with E-state index >= 15 is 0 Å². The van der Waals surface area contributed by atoms with Crippen molar-refractivity contribution in [2.24, 2.45) is 5.73 Å². The van der Waals surface area contributed by atoms with Gasteiger partial charge in [0.15, 0.2) is 0 Å². The van der Waals surface area contributed by atoms with Gasteiger partial charge in [0.1, 0.15) is 18.0 Å². The molecule has 0 bridgehead atoms. The lowest BCUT2D eigenvalue weighted by atomic mass is 9.85. The third kappa shape index (κ3) is 3.88. The van der Waals surface area contributed by atoms with Crippen LogP contribution in [0, 0.1) is 12.7 Å². The van der Waals surface area contributed by atoms with Crippen LogP contribution in [0.1, 0.15) is 60.4 Å². The molecule has 0 aliphatic carbocycles. The first-order valence-electron chi connectivity index (χ1n) is 12.9. The quantitative estimate of drug-likeness (QED) is 0.411. The van der Waals surface area contributed by atoms with Gasteiger partial charge >= 0.3 is 5.97 Å². The Hall–Kier alpha value is -3.14. The molecule has 1 fully saturated rings. The first-order chi connectivity index (χ1) is 17.7. The Morgan fingerprint density at radius 1 is 1.22 bits per heavy atom. The second kappa shape index (κ2) is 8.72. The molecule has 9 heteroatoms. The third-order valence-electron chi connectivity index (χ3n) is 8.36. The van der Waals surface area contributed by atoms with Crippen molar-refractivity contribution in [1.82, 2.24) is 14.5 Å². The summed E-state index contributed by atoms with van der Waals surface area (Å²) in [7, 11) is 0. The van der Waals surface area contributed by atoms with Crippen LogP contribution in [0.4, 0.5) is 4.39 Å². The number of carbonyl (C=O) groups is 1. The van der Waals surface area contributed by atoms with Crippen molar-refractivity contribution < 1.29 is 19.0 Å². The van der Waals surface area contributed by atoms with E-state index in [0.29, 0.717) is 46.7 Å². The number of esters is 1. The molecular weight excluding hydrogens is 475 g/mol. The van der Waals surface area contributed by atoms with Crippen molar-refractivity contribution in [3.05, 3.63) is 62.2 Å².